The van der Waals surface area contributed by atoms with Crippen LogP contribution in [0, 0.1) is 17.8 Å². The standard InChI is InChI=1S/C25H36F3N5O5/c1-5-29-21(35)38-24-10-14-8-15(11-24)18(16(9-14)12-24)31-20(34)17-13-30-33(19(17)25(26,27)28)7-6-23(2,3)32-22(36)37-4/h6-7,14-16,18,30H,5,8-13H2,1-4H3,(H,29,35)(H,31,34)(H,32,36)/b7-6+. The summed E-state index contributed by atoms with van der Waals surface area (Å²) in [6, 6.07) is -0.278. The van der Waals surface area contributed by atoms with E-state index in [1.54, 1.807) is 13.8 Å². The smallest absolute Gasteiger partial charge is 0.433 e. The number of rotatable bonds is 7. The molecule has 0 saturated heterocycles. The number of alkyl halides is 3. The number of amides is 3. The molecule has 0 aromatic carbocycles. The summed E-state index contributed by atoms with van der Waals surface area (Å²) in [6.07, 6.45) is 0.193. The van der Waals surface area contributed by atoms with Gasteiger partial charge in [0.25, 0.3) is 5.91 Å². The van der Waals surface area contributed by atoms with E-state index >= 15 is 0 Å². The number of carbonyl (C=O) groups excluding carboxylic acids is 3. The van der Waals surface area contributed by atoms with Gasteiger partial charge in [-0.1, -0.05) is 0 Å². The molecular weight excluding hydrogens is 507 g/mol. The summed E-state index contributed by atoms with van der Waals surface area (Å²) in [7, 11) is 1.19. The van der Waals surface area contributed by atoms with E-state index in [1.165, 1.54) is 13.2 Å². The van der Waals surface area contributed by atoms with E-state index in [0.717, 1.165) is 30.5 Å². The summed E-state index contributed by atoms with van der Waals surface area (Å²) in [5, 5.41) is 8.85. The van der Waals surface area contributed by atoms with Crippen molar-refractivity contribution in [3.63, 3.8) is 0 Å². The van der Waals surface area contributed by atoms with Gasteiger partial charge in [-0.25, -0.2) is 15.0 Å². The van der Waals surface area contributed by atoms with Gasteiger partial charge < -0.3 is 25.4 Å². The number of nitrogens with one attached hydrogen (secondary N) is 4. The maximum absolute atomic E-state index is 14.1. The van der Waals surface area contributed by atoms with Crippen LogP contribution in [0.2, 0.25) is 0 Å². The van der Waals surface area contributed by atoms with Crippen LogP contribution in [0.4, 0.5) is 22.8 Å². The second-order valence-corrected chi connectivity index (χ2v) is 11.3. The molecule has 4 saturated carbocycles. The first kappa shape index (κ1) is 28.1. The number of ether oxygens (including phenoxy) is 2. The highest BCUT2D eigenvalue weighted by molar-refractivity contribution is 5.95. The SMILES string of the molecule is CCNC(=O)OC12CC3CC(C1)C(NC(=O)C1=C(C(F)(F)F)N(/C=C/C(C)(C)NC(=O)OC)NC1)C(C3)C2. The van der Waals surface area contributed by atoms with Gasteiger partial charge in [0.15, 0.2) is 0 Å². The third-order valence-corrected chi connectivity index (χ3v) is 7.89. The largest absolute Gasteiger partial charge is 0.453 e. The summed E-state index contributed by atoms with van der Waals surface area (Å²) in [4.78, 5) is 36.9. The minimum atomic E-state index is -4.80. The van der Waals surface area contributed by atoms with Crippen LogP contribution >= 0.6 is 0 Å². The average molecular weight is 544 g/mol. The zero-order valence-corrected chi connectivity index (χ0v) is 22.0. The minimum Gasteiger partial charge on any atom is -0.453 e. The molecule has 3 amide bonds. The molecule has 0 aromatic heterocycles. The van der Waals surface area contributed by atoms with Crippen molar-refractivity contribution in [2.24, 2.45) is 17.8 Å². The zero-order chi connectivity index (χ0) is 27.9. The quantitative estimate of drug-likeness (QED) is 0.390. The van der Waals surface area contributed by atoms with Gasteiger partial charge in [0.2, 0.25) is 0 Å². The van der Waals surface area contributed by atoms with Crippen LogP contribution in [0.3, 0.4) is 0 Å². The molecule has 5 rings (SSSR count). The Hall–Kier alpha value is -2.96. The molecule has 13 heteroatoms. The van der Waals surface area contributed by atoms with Crippen molar-refractivity contribution in [1.82, 2.24) is 26.4 Å². The number of nitrogens with zero attached hydrogens (tertiary/aromatic N) is 1. The fourth-order valence-corrected chi connectivity index (χ4v) is 6.64. The van der Waals surface area contributed by atoms with Crippen molar-refractivity contribution in [2.75, 3.05) is 20.2 Å². The molecular formula is C25H36F3N5O5. The van der Waals surface area contributed by atoms with Crippen molar-refractivity contribution in [3.05, 3.63) is 23.5 Å². The van der Waals surface area contributed by atoms with Gasteiger partial charge >= 0.3 is 18.4 Å². The Morgan fingerprint density at radius 2 is 1.79 bits per heavy atom. The van der Waals surface area contributed by atoms with Crippen LogP contribution in [0.5, 0.6) is 0 Å². The van der Waals surface area contributed by atoms with Crippen LogP contribution in [0.25, 0.3) is 0 Å². The summed E-state index contributed by atoms with van der Waals surface area (Å²) >= 11 is 0. The number of alkyl carbamates (subject to hydrolysis) is 2. The summed E-state index contributed by atoms with van der Waals surface area (Å²) in [5.41, 5.74) is -0.474. The number of hydrazine groups is 1. The molecule has 2 unspecified atom stereocenters. The highest BCUT2D eigenvalue weighted by Crippen LogP contribution is 2.57. The molecule has 0 radical (unpaired) electrons. The van der Waals surface area contributed by atoms with Crippen LogP contribution < -0.4 is 21.4 Å². The van der Waals surface area contributed by atoms with E-state index in [2.05, 4.69) is 26.1 Å². The Balaban J connectivity index is 1.49. The summed E-state index contributed by atoms with van der Waals surface area (Å²) < 4.78 is 52.7. The van der Waals surface area contributed by atoms with E-state index in [9.17, 15) is 27.6 Å². The molecule has 4 N–H and O–H groups in total. The Morgan fingerprint density at radius 3 is 2.37 bits per heavy atom. The lowest BCUT2D eigenvalue weighted by Crippen LogP contribution is -2.63. The second kappa shape index (κ2) is 10.3. The number of halogens is 3. The Kier molecular flexibility index (Phi) is 7.61. The van der Waals surface area contributed by atoms with Crippen LogP contribution in [-0.4, -0.2) is 66.7 Å². The molecule has 10 nitrogen and oxygen atoms in total. The number of hydrogen-bond donors (Lipinski definition) is 4. The minimum absolute atomic E-state index is 0.0325. The first-order chi connectivity index (χ1) is 17.8. The highest BCUT2D eigenvalue weighted by Gasteiger charge is 2.58. The normalized spacial score (nSPS) is 30.6. The topological polar surface area (TPSA) is 121 Å². The van der Waals surface area contributed by atoms with Crippen LogP contribution in [0.15, 0.2) is 23.5 Å². The third kappa shape index (κ3) is 5.87. The Morgan fingerprint density at radius 1 is 1.13 bits per heavy atom. The highest BCUT2D eigenvalue weighted by atomic mass is 19.4. The molecule has 1 heterocycles. The van der Waals surface area contributed by atoms with E-state index in [4.69, 9.17) is 4.74 Å². The van der Waals surface area contributed by atoms with Crippen molar-refractivity contribution in [3.8, 4) is 0 Å². The maximum atomic E-state index is 14.1. The molecule has 5 aliphatic rings. The number of methoxy groups -OCH3 is 1. The molecule has 2 atom stereocenters. The number of carbonyl (C=O) groups is 3. The van der Waals surface area contributed by atoms with Gasteiger partial charge in [-0.3, -0.25) is 9.80 Å². The van der Waals surface area contributed by atoms with E-state index < -0.39 is 46.7 Å². The molecule has 0 spiro atoms. The second-order valence-electron chi connectivity index (χ2n) is 11.3. The van der Waals surface area contributed by atoms with Crippen molar-refractivity contribution in [2.45, 2.75) is 76.2 Å². The van der Waals surface area contributed by atoms with Gasteiger partial charge in [-0.2, -0.15) is 13.2 Å². The zero-order valence-electron chi connectivity index (χ0n) is 22.0. The fourth-order valence-electron chi connectivity index (χ4n) is 6.64. The van der Waals surface area contributed by atoms with E-state index in [1.807, 2.05) is 6.92 Å². The van der Waals surface area contributed by atoms with Gasteiger partial charge in [0.1, 0.15) is 11.3 Å². The van der Waals surface area contributed by atoms with E-state index in [0.29, 0.717) is 25.3 Å². The van der Waals surface area contributed by atoms with E-state index in [-0.39, 0.29) is 24.4 Å². The molecule has 4 aliphatic carbocycles. The molecule has 38 heavy (non-hydrogen) atoms. The molecule has 1 aliphatic heterocycles. The average Bonchev–Trinajstić information content (AvgIpc) is 3.24. The summed E-state index contributed by atoms with van der Waals surface area (Å²) in [5.74, 6) is -0.324. The van der Waals surface area contributed by atoms with Crippen LogP contribution in [-0.2, 0) is 14.3 Å². The Bertz CT molecular complexity index is 1010. The molecule has 4 fully saturated rings. The number of allylic oxidation sites excluding steroid dienone is 1. The lowest BCUT2D eigenvalue weighted by molar-refractivity contribution is -0.146. The van der Waals surface area contributed by atoms with Crippen molar-refractivity contribution < 1.29 is 37.0 Å². The molecule has 212 valence electrons. The van der Waals surface area contributed by atoms with Gasteiger partial charge in [-0.05, 0) is 76.7 Å². The fraction of sp³-hybridized carbons (Fsp3) is 0.720. The monoisotopic (exact) mass is 543 g/mol. The predicted octanol–water partition coefficient (Wildman–Crippen LogP) is 3.08. The maximum Gasteiger partial charge on any atom is 0.433 e. The van der Waals surface area contributed by atoms with Crippen molar-refractivity contribution >= 4 is 18.1 Å². The third-order valence-electron chi connectivity index (χ3n) is 7.89. The van der Waals surface area contributed by atoms with Gasteiger partial charge in [-0.15, -0.1) is 0 Å². The first-order valence-corrected chi connectivity index (χ1v) is 12.9. The molecule has 4 bridgehead atoms. The molecule has 0 aromatic rings. The lowest BCUT2D eigenvalue weighted by Gasteiger charge is -2.59. The first-order valence-electron chi connectivity index (χ1n) is 12.9. The van der Waals surface area contributed by atoms with Gasteiger partial charge in [0.05, 0.1) is 18.2 Å². The van der Waals surface area contributed by atoms with Crippen LogP contribution in [0.1, 0.15) is 52.9 Å². The Labute approximate surface area is 219 Å². The lowest BCUT2D eigenvalue weighted by atomic mass is 9.52. The van der Waals surface area contributed by atoms with Gasteiger partial charge in [0, 0.05) is 25.3 Å². The number of hydrogen-bond acceptors (Lipinski definition) is 7. The van der Waals surface area contributed by atoms with Crippen molar-refractivity contribution in [1.29, 1.82) is 0 Å². The summed E-state index contributed by atoms with van der Waals surface area (Å²) in [6.45, 7) is 5.15. The predicted molar refractivity (Wildman–Crippen MR) is 130 cm³/mol.